The van der Waals surface area contributed by atoms with E-state index in [2.05, 4.69) is 98.9 Å². The van der Waals surface area contributed by atoms with E-state index in [1.807, 2.05) is 0 Å². The van der Waals surface area contributed by atoms with Crippen LogP contribution < -0.4 is 0 Å². The monoisotopic (exact) mass is 516 g/mol. The van der Waals surface area contributed by atoms with E-state index in [4.69, 9.17) is 4.43 Å². The molecule has 0 amide bonds. The Balaban J connectivity index is 4.49. The van der Waals surface area contributed by atoms with Crippen molar-refractivity contribution in [1.82, 2.24) is 0 Å². The smallest absolute Gasteiger partial charge is 0.192 e. The molecule has 0 aromatic rings. The molecule has 36 heavy (non-hydrogen) atoms. The Morgan fingerprint density at radius 1 is 0.667 bits per heavy atom. The summed E-state index contributed by atoms with van der Waals surface area (Å²) in [5.74, 6) is 0. The first-order chi connectivity index (χ1) is 16.8. The fourth-order valence-electron chi connectivity index (χ4n) is 3.63. The van der Waals surface area contributed by atoms with Gasteiger partial charge in [0.1, 0.15) is 0 Å². The highest BCUT2D eigenvalue weighted by Gasteiger charge is 2.37. The van der Waals surface area contributed by atoms with Crippen molar-refractivity contribution in [2.24, 2.45) is 0 Å². The lowest BCUT2D eigenvalue weighted by Crippen LogP contribution is -2.41. The first-order valence-electron chi connectivity index (χ1n) is 14.3. The van der Waals surface area contributed by atoms with Gasteiger partial charge in [-0.1, -0.05) is 73.4 Å². The summed E-state index contributed by atoms with van der Waals surface area (Å²) in [7, 11) is -1.75. The van der Waals surface area contributed by atoms with Crippen molar-refractivity contribution in [3.8, 4) is 0 Å². The first kappa shape index (κ1) is 34.8. The van der Waals surface area contributed by atoms with Gasteiger partial charge in [-0.2, -0.15) is 0 Å². The van der Waals surface area contributed by atoms with Crippen molar-refractivity contribution >= 4 is 8.32 Å². The Kier molecular flexibility index (Phi) is 18.4. The summed E-state index contributed by atoms with van der Waals surface area (Å²) < 4.78 is 6.44. The van der Waals surface area contributed by atoms with Crippen LogP contribution in [0.4, 0.5) is 0 Å². The van der Waals surface area contributed by atoms with Crippen molar-refractivity contribution in [1.29, 1.82) is 0 Å². The Hall–Kier alpha value is -1.16. The average Bonchev–Trinajstić information content (AvgIpc) is 2.77. The van der Waals surface area contributed by atoms with Crippen LogP contribution in [0, 0.1) is 0 Å². The minimum absolute atomic E-state index is 0.224. The lowest BCUT2D eigenvalue weighted by molar-refractivity contribution is 0.279. The summed E-state index contributed by atoms with van der Waals surface area (Å²) in [6.45, 7) is 23.6. The van der Waals surface area contributed by atoms with E-state index in [0.29, 0.717) is 6.61 Å². The summed E-state index contributed by atoms with van der Waals surface area (Å²) in [4.78, 5) is 0. The Bertz CT molecular complexity index is 753. The van der Waals surface area contributed by atoms with Gasteiger partial charge >= 0.3 is 0 Å². The molecule has 0 aliphatic carbocycles. The zero-order valence-electron chi connectivity index (χ0n) is 25.7. The molecule has 0 heterocycles. The van der Waals surface area contributed by atoms with Crippen LogP contribution in [0.2, 0.25) is 18.1 Å². The molecule has 0 bridgehead atoms. The number of hydrogen-bond donors (Lipinski definition) is 1. The van der Waals surface area contributed by atoms with Crippen molar-refractivity contribution in [2.45, 2.75) is 138 Å². The lowest BCUT2D eigenvalue weighted by atomic mass is 10.0. The molecule has 0 saturated carbocycles. The third-order valence-electron chi connectivity index (χ3n) is 7.33. The number of unbranched alkanes of at least 4 members (excludes halogenated alkanes) is 1. The van der Waals surface area contributed by atoms with Gasteiger partial charge in [-0.15, -0.1) is 0 Å². The van der Waals surface area contributed by atoms with E-state index in [0.717, 1.165) is 51.4 Å². The second kappa shape index (κ2) is 19.0. The zero-order chi connectivity index (χ0) is 27.6. The Labute approximate surface area is 226 Å². The maximum atomic E-state index is 9.29. The van der Waals surface area contributed by atoms with Gasteiger partial charge in [-0.05, 0) is 123 Å². The van der Waals surface area contributed by atoms with Gasteiger partial charge in [0.15, 0.2) is 8.32 Å². The molecule has 0 aliphatic heterocycles. The maximum absolute atomic E-state index is 9.29. The number of aliphatic hydroxyl groups excluding tert-OH is 1. The molecule has 3 heteroatoms. The van der Waals surface area contributed by atoms with Crippen LogP contribution in [0.5, 0.6) is 0 Å². The Morgan fingerprint density at radius 3 is 1.56 bits per heavy atom. The highest BCUT2D eigenvalue weighted by molar-refractivity contribution is 6.74. The molecule has 0 spiro atoms. The molecule has 0 unspecified atom stereocenters. The normalized spacial score (nSPS) is 14.4. The highest BCUT2D eigenvalue weighted by Crippen LogP contribution is 2.37. The Morgan fingerprint density at radius 2 is 1.11 bits per heavy atom. The molecule has 1 N–H and O–H groups in total. The molecule has 208 valence electrons. The molecule has 0 aromatic carbocycles. The molecule has 0 saturated heterocycles. The third kappa shape index (κ3) is 18.1. The molecule has 2 nitrogen and oxygen atoms in total. The molecule has 0 rings (SSSR count). The number of allylic oxidation sites excluding steroid dienone is 9. The van der Waals surface area contributed by atoms with Gasteiger partial charge < -0.3 is 9.53 Å². The number of rotatable bonds is 18. The fourth-order valence-corrected chi connectivity index (χ4v) is 4.61. The minimum Gasteiger partial charge on any atom is -0.413 e. The maximum Gasteiger partial charge on any atom is 0.192 e. The van der Waals surface area contributed by atoms with Crippen LogP contribution >= 0.6 is 0 Å². The van der Waals surface area contributed by atoms with E-state index in [1.54, 1.807) is 0 Å². The van der Waals surface area contributed by atoms with Gasteiger partial charge in [-0.3, -0.25) is 0 Å². The SMILES string of the molecule is CC(C)=CCC/C(C)=C/CC/C(C)=C/CC/C=C(\C)CC/C=C(\CCCO)CO[Si](C)(C)C(C)(C)C. The average molecular weight is 517 g/mol. The minimum atomic E-state index is -1.75. The molecule has 0 aromatic heterocycles. The quantitative estimate of drug-likeness (QED) is 0.111. The summed E-state index contributed by atoms with van der Waals surface area (Å²) in [5.41, 5.74) is 7.25. The molecule has 0 aliphatic rings. The molecule has 0 atom stereocenters. The van der Waals surface area contributed by atoms with E-state index >= 15 is 0 Å². The summed E-state index contributed by atoms with van der Waals surface area (Å²) in [5, 5.41) is 9.51. The van der Waals surface area contributed by atoms with Crippen molar-refractivity contribution in [3.05, 3.63) is 58.2 Å². The summed E-state index contributed by atoms with van der Waals surface area (Å²) in [6, 6.07) is 0. The number of hydrogen-bond acceptors (Lipinski definition) is 2. The third-order valence-corrected chi connectivity index (χ3v) is 11.8. The second-order valence-corrected chi connectivity index (χ2v) is 17.2. The van der Waals surface area contributed by atoms with Crippen molar-refractivity contribution < 1.29 is 9.53 Å². The fraction of sp³-hybridized carbons (Fsp3) is 0.697. The van der Waals surface area contributed by atoms with E-state index in [-0.39, 0.29) is 11.6 Å². The van der Waals surface area contributed by atoms with Gasteiger partial charge in [0.05, 0.1) is 6.61 Å². The summed E-state index contributed by atoms with van der Waals surface area (Å²) in [6.07, 6.45) is 22.8. The largest absolute Gasteiger partial charge is 0.413 e. The van der Waals surface area contributed by atoms with Crippen molar-refractivity contribution in [3.63, 3.8) is 0 Å². The highest BCUT2D eigenvalue weighted by atomic mass is 28.4. The van der Waals surface area contributed by atoms with Crippen LogP contribution in [-0.4, -0.2) is 26.6 Å². The molecular weight excluding hydrogens is 456 g/mol. The van der Waals surface area contributed by atoms with Crippen LogP contribution in [-0.2, 0) is 4.43 Å². The molecule has 0 radical (unpaired) electrons. The van der Waals surface area contributed by atoms with Crippen LogP contribution in [0.1, 0.15) is 120 Å². The molecular formula is C33H60O2Si. The zero-order valence-corrected chi connectivity index (χ0v) is 26.7. The van der Waals surface area contributed by atoms with Gasteiger partial charge in [0, 0.05) is 6.61 Å². The number of aliphatic hydroxyl groups is 1. The topological polar surface area (TPSA) is 29.5 Å². The standard InChI is InChI=1S/C33H60O2Si/c1-28(2)17-13-20-31(5)22-14-21-29(3)18-11-12-19-30(4)23-15-24-32(25-16-26-34)27-35-36(9,10)33(6,7)8/h17-19,22,24,34H,11-16,20-21,23,25-27H2,1-10H3/b29-18+,30-19+,31-22+,32-24+. The lowest BCUT2D eigenvalue weighted by Gasteiger charge is -2.36. The first-order valence-corrected chi connectivity index (χ1v) is 17.2. The van der Waals surface area contributed by atoms with Gasteiger partial charge in [0.25, 0.3) is 0 Å². The van der Waals surface area contributed by atoms with Gasteiger partial charge in [0.2, 0.25) is 0 Å². The predicted octanol–water partition coefficient (Wildman–Crippen LogP) is 10.6. The van der Waals surface area contributed by atoms with E-state index in [1.165, 1.54) is 40.7 Å². The van der Waals surface area contributed by atoms with E-state index in [9.17, 15) is 5.11 Å². The van der Waals surface area contributed by atoms with Crippen molar-refractivity contribution in [2.75, 3.05) is 13.2 Å². The van der Waals surface area contributed by atoms with Gasteiger partial charge in [-0.25, -0.2) is 0 Å². The van der Waals surface area contributed by atoms with Crippen LogP contribution in [0.3, 0.4) is 0 Å². The van der Waals surface area contributed by atoms with Crippen LogP contribution in [0.15, 0.2) is 58.2 Å². The predicted molar refractivity (Wildman–Crippen MR) is 165 cm³/mol. The molecule has 0 fully saturated rings. The summed E-state index contributed by atoms with van der Waals surface area (Å²) >= 11 is 0. The second-order valence-electron chi connectivity index (χ2n) is 12.4. The van der Waals surface area contributed by atoms with E-state index < -0.39 is 8.32 Å². The van der Waals surface area contributed by atoms with Crippen LogP contribution in [0.25, 0.3) is 0 Å².